The number of benzene rings is 1. The minimum Gasteiger partial charge on any atom is -0.377 e. The maximum absolute atomic E-state index is 12.1. The molecule has 1 aromatic rings. The van der Waals surface area contributed by atoms with Gasteiger partial charge in [0.1, 0.15) is 0 Å². The van der Waals surface area contributed by atoms with Gasteiger partial charge in [-0.25, -0.2) is 8.42 Å². The van der Waals surface area contributed by atoms with Gasteiger partial charge in [-0.3, -0.25) is 0 Å². The third kappa shape index (κ3) is 4.40. The average Bonchev–Trinajstić information content (AvgIpc) is 2.35. The molecular formula is C13H21NO3S. The number of rotatable bonds is 7. The van der Waals surface area contributed by atoms with Crippen molar-refractivity contribution in [3.8, 4) is 0 Å². The molecule has 0 fully saturated rings. The van der Waals surface area contributed by atoms with Gasteiger partial charge >= 0.3 is 0 Å². The van der Waals surface area contributed by atoms with Crippen LogP contribution in [0.2, 0.25) is 0 Å². The van der Waals surface area contributed by atoms with Gasteiger partial charge < -0.3 is 10.5 Å². The zero-order valence-corrected chi connectivity index (χ0v) is 11.7. The van der Waals surface area contributed by atoms with E-state index in [0.29, 0.717) is 24.5 Å². The van der Waals surface area contributed by atoms with Gasteiger partial charge in [-0.2, -0.15) is 0 Å². The third-order valence-electron chi connectivity index (χ3n) is 2.75. The van der Waals surface area contributed by atoms with Crippen LogP contribution in [0.5, 0.6) is 0 Å². The molecule has 0 spiro atoms. The van der Waals surface area contributed by atoms with E-state index in [1.54, 1.807) is 24.3 Å². The summed E-state index contributed by atoms with van der Waals surface area (Å²) in [4.78, 5) is 0.361. The van der Waals surface area contributed by atoms with Crippen LogP contribution >= 0.6 is 0 Å². The summed E-state index contributed by atoms with van der Waals surface area (Å²) in [5.41, 5.74) is 6.57. The first-order valence-electron chi connectivity index (χ1n) is 6.10. The van der Waals surface area contributed by atoms with Gasteiger partial charge in [0.2, 0.25) is 0 Å². The first-order valence-corrected chi connectivity index (χ1v) is 7.76. The topological polar surface area (TPSA) is 69.4 Å². The van der Waals surface area contributed by atoms with Crippen LogP contribution in [-0.4, -0.2) is 33.4 Å². The van der Waals surface area contributed by atoms with Crippen LogP contribution in [0.3, 0.4) is 0 Å². The molecule has 1 atom stereocenters. The van der Waals surface area contributed by atoms with Gasteiger partial charge in [0.15, 0.2) is 9.84 Å². The summed E-state index contributed by atoms with van der Waals surface area (Å²) in [6.07, 6.45) is 0.246. The lowest BCUT2D eigenvalue weighted by molar-refractivity contribution is 0.0671. The minimum absolute atomic E-state index is 0.0674. The Morgan fingerprint density at radius 3 is 2.39 bits per heavy atom. The van der Waals surface area contributed by atoms with Crippen molar-refractivity contribution in [3.05, 3.63) is 29.8 Å². The summed E-state index contributed by atoms with van der Waals surface area (Å²) in [6, 6.07) is 6.89. The number of ether oxygens (including phenoxy) is 1. The fourth-order valence-electron chi connectivity index (χ4n) is 1.65. The molecule has 0 amide bonds. The second-order valence-electron chi connectivity index (χ2n) is 4.23. The van der Waals surface area contributed by atoms with Crippen molar-refractivity contribution in [2.45, 2.75) is 31.3 Å². The molecule has 0 aliphatic rings. The van der Waals surface area contributed by atoms with Crippen molar-refractivity contribution in [3.63, 3.8) is 0 Å². The molecule has 0 bridgehead atoms. The SMILES string of the molecule is CCOC(CN)CCS(=O)(=O)c1ccc(C)cc1. The van der Waals surface area contributed by atoms with Crippen LogP contribution < -0.4 is 5.73 Å². The Bertz CT molecular complexity index is 454. The van der Waals surface area contributed by atoms with E-state index in [0.717, 1.165) is 5.56 Å². The van der Waals surface area contributed by atoms with E-state index in [1.807, 2.05) is 13.8 Å². The summed E-state index contributed by atoms with van der Waals surface area (Å²) in [7, 11) is -3.24. The van der Waals surface area contributed by atoms with Crippen molar-refractivity contribution in [1.82, 2.24) is 0 Å². The summed E-state index contributed by atoms with van der Waals surface area (Å²) >= 11 is 0. The monoisotopic (exact) mass is 271 g/mol. The van der Waals surface area contributed by atoms with Crippen LogP contribution in [0.1, 0.15) is 18.9 Å². The van der Waals surface area contributed by atoms with Crippen molar-refractivity contribution >= 4 is 9.84 Å². The van der Waals surface area contributed by atoms with E-state index in [4.69, 9.17) is 10.5 Å². The fourth-order valence-corrected chi connectivity index (χ4v) is 3.01. The Morgan fingerprint density at radius 1 is 1.28 bits per heavy atom. The van der Waals surface area contributed by atoms with E-state index in [1.165, 1.54) is 0 Å². The molecule has 0 aliphatic heterocycles. The predicted molar refractivity (Wildman–Crippen MR) is 72.3 cm³/mol. The lowest BCUT2D eigenvalue weighted by Crippen LogP contribution is -2.26. The maximum Gasteiger partial charge on any atom is 0.178 e. The number of aryl methyl sites for hydroxylation is 1. The van der Waals surface area contributed by atoms with Gasteiger partial charge in [-0.15, -0.1) is 0 Å². The lowest BCUT2D eigenvalue weighted by Gasteiger charge is -2.14. The predicted octanol–water partition coefficient (Wildman–Crippen LogP) is 1.52. The molecule has 0 aliphatic carbocycles. The van der Waals surface area contributed by atoms with Gasteiger partial charge in [-0.1, -0.05) is 17.7 Å². The molecule has 5 heteroatoms. The first kappa shape index (κ1) is 15.1. The van der Waals surface area contributed by atoms with Crippen molar-refractivity contribution in [1.29, 1.82) is 0 Å². The molecule has 18 heavy (non-hydrogen) atoms. The molecule has 1 unspecified atom stereocenters. The van der Waals surface area contributed by atoms with Gasteiger partial charge in [0.05, 0.1) is 16.8 Å². The zero-order chi connectivity index (χ0) is 13.6. The third-order valence-corrected chi connectivity index (χ3v) is 4.52. The van der Waals surface area contributed by atoms with Crippen molar-refractivity contribution < 1.29 is 13.2 Å². The number of hydrogen-bond acceptors (Lipinski definition) is 4. The normalized spacial score (nSPS) is 13.5. The molecule has 4 nitrogen and oxygen atoms in total. The number of nitrogens with two attached hydrogens (primary N) is 1. The fraction of sp³-hybridized carbons (Fsp3) is 0.538. The zero-order valence-electron chi connectivity index (χ0n) is 10.9. The maximum atomic E-state index is 12.1. The first-order chi connectivity index (χ1) is 8.49. The molecule has 0 saturated heterocycles. The Hall–Kier alpha value is -0.910. The van der Waals surface area contributed by atoms with Crippen LogP contribution in [0, 0.1) is 6.92 Å². The summed E-state index contributed by atoms with van der Waals surface area (Å²) < 4.78 is 29.5. The molecule has 2 N–H and O–H groups in total. The minimum atomic E-state index is -3.24. The van der Waals surface area contributed by atoms with Crippen LogP contribution in [-0.2, 0) is 14.6 Å². The quantitative estimate of drug-likeness (QED) is 0.816. The smallest absolute Gasteiger partial charge is 0.178 e. The molecular weight excluding hydrogens is 250 g/mol. The summed E-state index contributed by atoms with van der Waals surface area (Å²) in [5.74, 6) is 0.0674. The van der Waals surface area contributed by atoms with E-state index in [2.05, 4.69) is 0 Å². The Labute approximate surface area is 109 Å². The standard InChI is InChI=1S/C13H21NO3S/c1-3-17-12(10-14)8-9-18(15,16)13-6-4-11(2)5-7-13/h4-7,12H,3,8-10,14H2,1-2H3. The lowest BCUT2D eigenvalue weighted by atomic mass is 10.2. The van der Waals surface area contributed by atoms with Crippen LogP contribution in [0.15, 0.2) is 29.2 Å². The molecule has 1 aromatic carbocycles. The van der Waals surface area contributed by atoms with Gasteiger partial charge in [0.25, 0.3) is 0 Å². The molecule has 0 aromatic heterocycles. The highest BCUT2D eigenvalue weighted by Crippen LogP contribution is 2.14. The molecule has 0 saturated carbocycles. The Balaban J connectivity index is 2.67. The van der Waals surface area contributed by atoms with E-state index in [9.17, 15) is 8.42 Å². The van der Waals surface area contributed by atoms with Gasteiger partial charge in [0, 0.05) is 13.2 Å². The highest BCUT2D eigenvalue weighted by Gasteiger charge is 2.17. The van der Waals surface area contributed by atoms with E-state index in [-0.39, 0.29) is 11.9 Å². The Morgan fingerprint density at radius 2 is 1.89 bits per heavy atom. The highest BCUT2D eigenvalue weighted by atomic mass is 32.2. The van der Waals surface area contributed by atoms with Gasteiger partial charge in [-0.05, 0) is 32.4 Å². The van der Waals surface area contributed by atoms with E-state index < -0.39 is 9.84 Å². The largest absolute Gasteiger partial charge is 0.377 e. The summed E-state index contributed by atoms with van der Waals surface area (Å²) in [6.45, 7) is 4.69. The second kappa shape index (κ2) is 6.87. The molecule has 102 valence electrons. The van der Waals surface area contributed by atoms with Crippen LogP contribution in [0.4, 0.5) is 0 Å². The average molecular weight is 271 g/mol. The Kier molecular flexibility index (Phi) is 5.78. The summed E-state index contributed by atoms with van der Waals surface area (Å²) in [5, 5.41) is 0. The van der Waals surface area contributed by atoms with E-state index >= 15 is 0 Å². The van der Waals surface area contributed by atoms with Crippen molar-refractivity contribution in [2.75, 3.05) is 18.9 Å². The number of sulfone groups is 1. The molecule has 0 heterocycles. The van der Waals surface area contributed by atoms with Crippen molar-refractivity contribution in [2.24, 2.45) is 5.73 Å². The molecule has 1 rings (SSSR count). The second-order valence-corrected chi connectivity index (χ2v) is 6.34. The molecule has 0 radical (unpaired) electrons. The van der Waals surface area contributed by atoms with Crippen LogP contribution in [0.25, 0.3) is 0 Å². The number of hydrogen-bond donors (Lipinski definition) is 1. The highest BCUT2D eigenvalue weighted by molar-refractivity contribution is 7.91.